The van der Waals surface area contributed by atoms with E-state index < -0.39 is 33.9 Å². The Bertz CT molecular complexity index is 1170. The molecule has 8 heteroatoms. The monoisotopic (exact) mass is 544 g/mol. The Hall–Kier alpha value is -3.72. The number of hydrogen-bond donors (Lipinski definition) is 4. The molecule has 2 amide bonds. The van der Waals surface area contributed by atoms with Gasteiger partial charge < -0.3 is 20.8 Å². The Morgan fingerprint density at radius 1 is 0.700 bits per heavy atom. The summed E-state index contributed by atoms with van der Waals surface area (Å²) in [6, 6.07) is 22.5. The molecule has 4 rings (SSSR count). The minimum absolute atomic E-state index is 0.321. The van der Waals surface area contributed by atoms with Gasteiger partial charge in [0.2, 0.25) is 11.8 Å². The van der Waals surface area contributed by atoms with Gasteiger partial charge in [0.15, 0.2) is 0 Å². The van der Waals surface area contributed by atoms with Crippen molar-refractivity contribution in [3.05, 3.63) is 60.7 Å². The highest BCUT2D eigenvalue weighted by molar-refractivity contribution is 5.98. The zero-order chi connectivity index (χ0) is 29.6. The van der Waals surface area contributed by atoms with Gasteiger partial charge in [0.25, 0.3) is 0 Å². The first-order chi connectivity index (χ1) is 18.8. The van der Waals surface area contributed by atoms with Crippen molar-refractivity contribution in [2.24, 2.45) is 22.7 Å². The fourth-order valence-electron chi connectivity index (χ4n) is 5.93. The fraction of sp³-hybridized carbons (Fsp3) is 0.500. The molecule has 0 unspecified atom stereocenters. The lowest BCUT2D eigenvalue weighted by Gasteiger charge is -2.44. The maximum Gasteiger partial charge on any atom is 0.245 e. The van der Waals surface area contributed by atoms with Crippen LogP contribution in [-0.2, 0) is 9.59 Å². The molecule has 6 atom stereocenters. The zero-order valence-electron chi connectivity index (χ0n) is 23.8. The SMILES string of the molecule is C[C@@H]1[C@](C)(O)CCC[C@]1(C#N)C(=O)Nc1ccccc1.C[C@H]1[C@@](C)(O)CCC[C@@]1(C#N)C(=O)Nc1ccccc1. The molecular weight excluding hydrogens is 504 g/mol. The van der Waals surface area contributed by atoms with E-state index in [-0.39, 0.29) is 11.8 Å². The number of aliphatic hydroxyl groups is 2. The van der Waals surface area contributed by atoms with Crippen LogP contribution in [0.3, 0.4) is 0 Å². The van der Waals surface area contributed by atoms with Crippen LogP contribution in [0.15, 0.2) is 60.7 Å². The van der Waals surface area contributed by atoms with Gasteiger partial charge >= 0.3 is 0 Å². The molecule has 2 fully saturated rings. The molecule has 0 spiro atoms. The number of nitrogens with zero attached hydrogens (tertiary/aromatic N) is 2. The van der Waals surface area contributed by atoms with Crippen LogP contribution < -0.4 is 10.6 Å². The van der Waals surface area contributed by atoms with E-state index in [1.54, 1.807) is 52.0 Å². The van der Waals surface area contributed by atoms with Crippen molar-refractivity contribution in [1.29, 1.82) is 10.5 Å². The summed E-state index contributed by atoms with van der Waals surface area (Å²) in [6.45, 7) is 6.98. The van der Waals surface area contributed by atoms with E-state index in [0.29, 0.717) is 49.9 Å². The number of nitrogens with one attached hydrogen (secondary N) is 2. The summed E-state index contributed by atoms with van der Waals surface area (Å²) in [7, 11) is 0. The third-order valence-corrected chi connectivity index (χ3v) is 9.12. The summed E-state index contributed by atoms with van der Waals surface area (Å²) in [5, 5.41) is 45.5. The van der Waals surface area contributed by atoms with Gasteiger partial charge in [-0.05, 0) is 76.6 Å². The molecule has 0 heterocycles. The number of nitriles is 2. The van der Waals surface area contributed by atoms with Crippen molar-refractivity contribution in [3.8, 4) is 12.1 Å². The molecule has 0 saturated heterocycles. The molecule has 0 bridgehead atoms. The van der Waals surface area contributed by atoms with Crippen LogP contribution in [0.25, 0.3) is 0 Å². The quantitative estimate of drug-likeness (QED) is 0.405. The Balaban J connectivity index is 0.000000220. The van der Waals surface area contributed by atoms with Gasteiger partial charge in [-0.1, -0.05) is 50.2 Å². The van der Waals surface area contributed by atoms with Gasteiger partial charge in [-0.3, -0.25) is 9.59 Å². The van der Waals surface area contributed by atoms with Crippen LogP contribution >= 0.6 is 0 Å². The van der Waals surface area contributed by atoms with E-state index in [9.17, 15) is 30.3 Å². The lowest BCUT2D eigenvalue weighted by molar-refractivity contribution is -0.137. The second-order valence-electron chi connectivity index (χ2n) is 11.7. The number of rotatable bonds is 4. The van der Waals surface area contributed by atoms with E-state index in [2.05, 4.69) is 22.8 Å². The van der Waals surface area contributed by atoms with E-state index in [4.69, 9.17) is 0 Å². The van der Waals surface area contributed by atoms with Crippen LogP contribution in [0.2, 0.25) is 0 Å². The van der Waals surface area contributed by atoms with Crippen LogP contribution in [0.1, 0.15) is 66.2 Å². The average molecular weight is 545 g/mol. The second kappa shape index (κ2) is 12.2. The van der Waals surface area contributed by atoms with Gasteiger partial charge in [0.05, 0.1) is 23.3 Å². The lowest BCUT2D eigenvalue weighted by Crippen LogP contribution is -2.53. The highest BCUT2D eigenvalue weighted by Crippen LogP contribution is 2.48. The number of para-hydroxylation sites is 2. The predicted octanol–water partition coefficient (Wildman–Crippen LogP) is 5.41. The van der Waals surface area contributed by atoms with Gasteiger partial charge in [-0.15, -0.1) is 0 Å². The smallest absolute Gasteiger partial charge is 0.245 e. The number of benzene rings is 2. The number of anilines is 2. The molecule has 212 valence electrons. The molecule has 8 nitrogen and oxygen atoms in total. The van der Waals surface area contributed by atoms with Gasteiger partial charge in [-0.25, -0.2) is 0 Å². The summed E-state index contributed by atoms with van der Waals surface area (Å²) in [4.78, 5) is 25.1. The minimum Gasteiger partial charge on any atom is -0.390 e. The summed E-state index contributed by atoms with van der Waals surface area (Å²) in [5.41, 5.74) is -2.96. The average Bonchev–Trinajstić information content (AvgIpc) is 2.93. The first-order valence-corrected chi connectivity index (χ1v) is 13.8. The van der Waals surface area contributed by atoms with E-state index in [1.165, 1.54) is 0 Å². The molecule has 2 aromatic rings. The summed E-state index contributed by atoms with van der Waals surface area (Å²) >= 11 is 0. The number of hydrogen-bond acceptors (Lipinski definition) is 6. The normalized spacial score (nSPS) is 33.2. The van der Waals surface area contributed by atoms with Crippen molar-refractivity contribution in [2.45, 2.75) is 77.4 Å². The van der Waals surface area contributed by atoms with Crippen LogP contribution in [0.5, 0.6) is 0 Å². The lowest BCUT2D eigenvalue weighted by atomic mass is 9.61. The van der Waals surface area contributed by atoms with Crippen molar-refractivity contribution >= 4 is 23.2 Å². The summed E-state index contributed by atoms with van der Waals surface area (Å²) < 4.78 is 0. The Kier molecular flexibility index (Phi) is 9.40. The number of carbonyl (C=O) groups excluding carboxylic acids is 2. The molecule has 2 aliphatic carbocycles. The molecule has 2 aromatic carbocycles. The van der Waals surface area contributed by atoms with Crippen molar-refractivity contribution in [1.82, 2.24) is 0 Å². The first-order valence-electron chi connectivity index (χ1n) is 13.8. The highest BCUT2D eigenvalue weighted by Gasteiger charge is 2.54. The minimum atomic E-state index is -1.17. The second-order valence-corrected chi connectivity index (χ2v) is 11.7. The Morgan fingerprint density at radius 2 is 1.02 bits per heavy atom. The molecule has 4 N–H and O–H groups in total. The molecule has 0 aromatic heterocycles. The summed E-state index contributed by atoms with van der Waals surface area (Å²) in [6.07, 6.45) is 3.56. The Labute approximate surface area is 237 Å². The van der Waals surface area contributed by atoms with Crippen LogP contribution in [0, 0.1) is 45.3 Å². The molecular formula is C32H40N4O4. The molecule has 0 radical (unpaired) electrons. The standard InChI is InChI=1S/2C16H20N2O2/c2*1-12-15(2,20)9-6-10-16(12,11-17)14(19)18-13-7-4-3-5-8-13/h2*3-5,7-8,12,20H,6,9-10H2,1-2H3,(H,18,19)/t2*12-,15-,16-/m10/s1. The zero-order valence-corrected chi connectivity index (χ0v) is 23.8. The highest BCUT2D eigenvalue weighted by atomic mass is 16.3. The molecule has 2 aliphatic rings. The number of carbonyl (C=O) groups is 2. The largest absolute Gasteiger partial charge is 0.390 e. The topological polar surface area (TPSA) is 146 Å². The van der Waals surface area contributed by atoms with Crippen molar-refractivity contribution in [2.75, 3.05) is 10.6 Å². The summed E-state index contributed by atoms with van der Waals surface area (Å²) in [5.74, 6) is -1.45. The fourth-order valence-corrected chi connectivity index (χ4v) is 5.93. The first kappa shape index (κ1) is 30.8. The van der Waals surface area contributed by atoms with E-state index >= 15 is 0 Å². The predicted molar refractivity (Wildman–Crippen MR) is 154 cm³/mol. The maximum atomic E-state index is 12.6. The van der Waals surface area contributed by atoms with Crippen LogP contribution in [0.4, 0.5) is 11.4 Å². The third kappa shape index (κ3) is 6.20. The van der Waals surface area contributed by atoms with E-state index in [1.807, 2.05) is 36.4 Å². The third-order valence-electron chi connectivity index (χ3n) is 9.12. The van der Waals surface area contributed by atoms with E-state index in [0.717, 1.165) is 0 Å². The van der Waals surface area contributed by atoms with Crippen LogP contribution in [-0.4, -0.2) is 33.2 Å². The molecule has 40 heavy (non-hydrogen) atoms. The van der Waals surface area contributed by atoms with Gasteiger partial charge in [-0.2, -0.15) is 10.5 Å². The molecule has 2 saturated carbocycles. The molecule has 0 aliphatic heterocycles. The van der Waals surface area contributed by atoms with Crippen molar-refractivity contribution < 1.29 is 19.8 Å². The Morgan fingerprint density at radius 3 is 1.32 bits per heavy atom. The maximum absolute atomic E-state index is 12.6. The van der Waals surface area contributed by atoms with Crippen molar-refractivity contribution in [3.63, 3.8) is 0 Å². The van der Waals surface area contributed by atoms with Gasteiger partial charge in [0, 0.05) is 23.2 Å². The number of amides is 2. The van der Waals surface area contributed by atoms with Gasteiger partial charge in [0.1, 0.15) is 10.8 Å².